The molecule has 0 amide bonds. The number of hydrogen-bond acceptors (Lipinski definition) is 4. The van der Waals surface area contributed by atoms with E-state index in [9.17, 15) is 4.79 Å². The Bertz CT molecular complexity index is 769. The first kappa shape index (κ1) is 12.7. The first-order valence-corrected chi connectivity index (χ1v) is 7.73. The predicted molar refractivity (Wildman–Crippen MR) is 83.4 cm³/mol. The van der Waals surface area contributed by atoms with Crippen molar-refractivity contribution in [2.45, 2.75) is 17.1 Å². The van der Waals surface area contributed by atoms with Crippen LogP contribution in [0.5, 0.6) is 5.75 Å². The highest BCUT2D eigenvalue weighted by atomic mass is 32.2. The molecule has 0 aliphatic carbocycles. The lowest BCUT2D eigenvalue weighted by Crippen LogP contribution is -2.34. The molecule has 0 saturated carbocycles. The molecule has 0 aromatic heterocycles. The maximum absolute atomic E-state index is 12.4. The number of carbonyl (C=O) groups excluding carboxylic acids is 1. The molecule has 0 unspecified atom stereocenters. The van der Waals surface area contributed by atoms with Gasteiger partial charge < -0.3 is 4.74 Å². The Morgan fingerprint density at radius 2 is 1.86 bits per heavy atom. The van der Waals surface area contributed by atoms with Gasteiger partial charge in [0.05, 0.1) is 10.9 Å². The summed E-state index contributed by atoms with van der Waals surface area (Å²) in [5, 5.41) is 0.0230. The quantitative estimate of drug-likeness (QED) is 0.541. The topological polar surface area (TPSA) is 38.7 Å². The molecule has 3 nitrogen and oxygen atoms in total. The molecule has 0 saturated heterocycles. The highest BCUT2D eigenvalue weighted by Gasteiger charge is 2.41. The lowest BCUT2D eigenvalue weighted by molar-refractivity contribution is -0.137. The van der Waals surface area contributed by atoms with E-state index in [2.05, 4.69) is 11.1 Å². The van der Waals surface area contributed by atoms with Crippen LogP contribution in [-0.2, 0) is 4.79 Å². The van der Waals surface area contributed by atoms with Crippen LogP contribution in [0.2, 0.25) is 0 Å². The second-order valence-electron chi connectivity index (χ2n) is 5.20. The van der Waals surface area contributed by atoms with E-state index >= 15 is 0 Å². The van der Waals surface area contributed by atoms with Gasteiger partial charge in [0.25, 0.3) is 0 Å². The summed E-state index contributed by atoms with van der Waals surface area (Å²) in [6.07, 6.45) is 0. The van der Waals surface area contributed by atoms with Crippen molar-refractivity contribution in [2.75, 3.05) is 0 Å². The summed E-state index contributed by atoms with van der Waals surface area (Å²) < 4.78 is 5.49. The molecular formula is C17H13NO2S. The molecule has 4 heteroatoms. The van der Waals surface area contributed by atoms with Crippen LogP contribution < -0.4 is 4.74 Å². The SMILES string of the molecule is CC1=Nc2ccccc2S[C@H]2c3ccccc3OC(=O)[C@H]12. The van der Waals surface area contributed by atoms with E-state index < -0.39 is 0 Å². The third-order valence-corrected chi connectivity index (χ3v) is 5.24. The molecule has 0 bridgehead atoms. The largest absolute Gasteiger partial charge is 0.426 e. The van der Waals surface area contributed by atoms with Crippen LogP contribution >= 0.6 is 11.8 Å². The number of aliphatic imine (C=N–C) groups is 1. The van der Waals surface area contributed by atoms with Crippen LogP contribution in [-0.4, -0.2) is 11.7 Å². The molecule has 21 heavy (non-hydrogen) atoms. The Morgan fingerprint density at radius 3 is 2.76 bits per heavy atom. The van der Waals surface area contributed by atoms with E-state index in [1.165, 1.54) is 0 Å². The minimum atomic E-state index is -0.322. The molecule has 2 aliphatic heterocycles. The number of benzene rings is 2. The fraction of sp³-hybridized carbons (Fsp3) is 0.176. The van der Waals surface area contributed by atoms with Crippen molar-refractivity contribution < 1.29 is 9.53 Å². The van der Waals surface area contributed by atoms with E-state index in [4.69, 9.17) is 4.74 Å². The Labute approximate surface area is 127 Å². The molecule has 2 atom stereocenters. The lowest BCUT2D eigenvalue weighted by atomic mass is 9.92. The van der Waals surface area contributed by atoms with Gasteiger partial charge in [0, 0.05) is 16.2 Å². The highest BCUT2D eigenvalue weighted by molar-refractivity contribution is 7.99. The van der Waals surface area contributed by atoms with Crippen LogP contribution in [0.25, 0.3) is 0 Å². The third-order valence-electron chi connectivity index (χ3n) is 3.86. The summed E-state index contributed by atoms with van der Waals surface area (Å²) >= 11 is 1.70. The van der Waals surface area contributed by atoms with Gasteiger partial charge in [0.15, 0.2) is 0 Å². The van der Waals surface area contributed by atoms with Gasteiger partial charge in [-0.25, -0.2) is 0 Å². The third kappa shape index (κ3) is 1.98. The zero-order valence-corrected chi connectivity index (χ0v) is 12.3. The first-order chi connectivity index (χ1) is 10.2. The van der Waals surface area contributed by atoms with Gasteiger partial charge in [0.1, 0.15) is 11.7 Å². The number of hydrogen-bond donors (Lipinski definition) is 0. The van der Waals surface area contributed by atoms with E-state index in [0.717, 1.165) is 21.9 Å². The Hall–Kier alpha value is -2.07. The predicted octanol–water partition coefficient (Wildman–Crippen LogP) is 4.16. The van der Waals surface area contributed by atoms with E-state index in [1.807, 2.05) is 49.4 Å². The van der Waals surface area contributed by atoms with Crippen LogP contribution in [0, 0.1) is 5.92 Å². The second-order valence-corrected chi connectivity index (χ2v) is 6.38. The van der Waals surface area contributed by atoms with Gasteiger partial charge in [-0.1, -0.05) is 30.3 Å². The number of rotatable bonds is 0. The van der Waals surface area contributed by atoms with Crippen LogP contribution in [0.15, 0.2) is 58.4 Å². The molecular weight excluding hydrogens is 282 g/mol. The zero-order valence-electron chi connectivity index (χ0n) is 11.4. The normalized spacial score (nSPS) is 23.1. The van der Waals surface area contributed by atoms with Crippen molar-refractivity contribution in [1.82, 2.24) is 0 Å². The number of thioether (sulfide) groups is 1. The van der Waals surface area contributed by atoms with E-state index in [0.29, 0.717) is 5.75 Å². The molecule has 2 aromatic rings. The van der Waals surface area contributed by atoms with Crippen molar-refractivity contribution in [3.05, 3.63) is 54.1 Å². The number of esters is 1. The van der Waals surface area contributed by atoms with Gasteiger partial charge in [-0.15, -0.1) is 11.8 Å². The van der Waals surface area contributed by atoms with Crippen molar-refractivity contribution in [3.8, 4) is 5.75 Å². The molecule has 0 N–H and O–H groups in total. The number of fused-ring (bicyclic) bond motifs is 4. The van der Waals surface area contributed by atoms with Crippen LogP contribution in [0.4, 0.5) is 5.69 Å². The fourth-order valence-corrected chi connectivity index (χ4v) is 4.28. The van der Waals surface area contributed by atoms with Gasteiger partial charge >= 0.3 is 5.97 Å². The van der Waals surface area contributed by atoms with Crippen LogP contribution in [0.3, 0.4) is 0 Å². The number of para-hydroxylation sites is 2. The zero-order chi connectivity index (χ0) is 14.4. The lowest BCUT2D eigenvalue weighted by Gasteiger charge is -2.30. The molecule has 0 spiro atoms. The Morgan fingerprint density at radius 1 is 1.10 bits per heavy atom. The van der Waals surface area contributed by atoms with Crippen molar-refractivity contribution in [1.29, 1.82) is 0 Å². The molecule has 4 rings (SSSR count). The van der Waals surface area contributed by atoms with Gasteiger partial charge in [-0.05, 0) is 25.1 Å². The van der Waals surface area contributed by atoms with Crippen molar-refractivity contribution >= 4 is 29.1 Å². The molecule has 0 radical (unpaired) electrons. The summed E-state index contributed by atoms with van der Waals surface area (Å²) in [7, 11) is 0. The summed E-state index contributed by atoms with van der Waals surface area (Å²) in [4.78, 5) is 18.1. The summed E-state index contributed by atoms with van der Waals surface area (Å²) in [5.74, 6) is 0.140. The average Bonchev–Trinajstić information content (AvgIpc) is 2.63. The Balaban J connectivity index is 1.92. The number of nitrogens with zero attached hydrogens (tertiary/aromatic N) is 1. The molecule has 2 aromatic carbocycles. The van der Waals surface area contributed by atoms with Gasteiger partial charge in [-0.2, -0.15) is 0 Å². The number of ether oxygens (including phenoxy) is 1. The maximum atomic E-state index is 12.4. The standard InChI is InChI=1S/C17H13NO2S/c1-10-15-16(21-14-9-5-3-7-12(14)18-10)11-6-2-4-8-13(11)20-17(15)19/h2-9,15-16H,1H3/t15-,16+/m1/s1. The van der Waals surface area contributed by atoms with E-state index in [-0.39, 0.29) is 17.1 Å². The maximum Gasteiger partial charge on any atom is 0.321 e. The van der Waals surface area contributed by atoms with E-state index in [1.54, 1.807) is 11.8 Å². The monoisotopic (exact) mass is 295 g/mol. The fourth-order valence-electron chi connectivity index (χ4n) is 2.85. The molecule has 104 valence electrons. The van der Waals surface area contributed by atoms with Crippen molar-refractivity contribution in [2.24, 2.45) is 10.9 Å². The summed E-state index contributed by atoms with van der Waals surface area (Å²) in [6, 6.07) is 15.8. The van der Waals surface area contributed by atoms with Gasteiger partial charge in [-0.3, -0.25) is 9.79 Å². The first-order valence-electron chi connectivity index (χ1n) is 6.85. The van der Waals surface area contributed by atoms with Crippen LogP contribution in [0.1, 0.15) is 17.7 Å². The highest BCUT2D eigenvalue weighted by Crippen LogP contribution is 2.51. The smallest absolute Gasteiger partial charge is 0.321 e. The average molecular weight is 295 g/mol. The van der Waals surface area contributed by atoms with Crippen molar-refractivity contribution in [3.63, 3.8) is 0 Å². The molecule has 2 aliphatic rings. The molecule has 2 heterocycles. The van der Waals surface area contributed by atoms with Gasteiger partial charge in [0.2, 0.25) is 0 Å². The summed E-state index contributed by atoms with van der Waals surface area (Å²) in [6.45, 7) is 1.91. The second kappa shape index (κ2) is 4.74. The Kier molecular flexibility index (Phi) is 2.86. The summed E-state index contributed by atoms with van der Waals surface area (Å²) in [5.41, 5.74) is 2.81. The minimum Gasteiger partial charge on any atom is -0.426 e. The minimum absolute atomic E-state index is 0.0230. The molecule has 0 fully saturated rings. The number of carbonyl (C=O) groups is 1.